The fraction of sp³-hybridized carbons (Fsp3) is 0. The van der Waals surface area contributed by atoms with Crippen LogP contribution in [0.15, 0.2) is 187 Å². The van der Waals surface area contributed by atoms with E-state index in [1.165, 1.54) is 0 Å². The van der Waals surface area contributed by atoms with Gasteiger partial charge in [0.25, 0.3) is 5.56 Å². The topological polar surface area (TPSA) is 70.5 Å². The predicted molar refractivity (Wildman–Crippen MR) is 222 cm³/mol. The summed E-state index contributed by atoms with van der Waals surface area (Å²) in [5.41, 5.74) is 7.88. The standard InChI is InChI=1S/C48H30N6O/c55-47-41-38-30-29-36-35-25-13-15-27-39(35)54(48-50-45(31-17-5-1-6-18-31)49-46(51-48)32-19-7-2-8-20-32)43(36)44(38)53(34-23-11-4-12-24-34)42(41)37-26-14-16-28-40(37)52(47)33-21-9-3-10-22-33/h1-30H. The van der Waals surface area contributed by atoms with E-state index in [0.29, 0.717) is 23.0 Å². The molecular weight excluding hydrogens is 677 g/mol. The van der Waals surface area contributed by atoms with Crippen molar-refractivity contribution in [1.29, 1.82) is 0 Å². The maximum atomic E-state index is 15.2. The predicted octanol–water partition coefficient (Wildman–Crippen LogP) is 10.7. The Morgan fingerprint density at radius 3 is 1.40 bits per heavy atom. The zero-order valence-electron chi connectivity index (χ0n) is 29.4. The highest BCUT2D eigenvalue weighted by molar-refractivity contribution is 6.26. The minimum Gasteiger partial charge on any atom is -0.306 e. The van der Waals surface area contributed by atoms with Crippen LogP contribution in [0, 0.1) is 0 Å². The number of rotatable bonds is 5. The summed E-state index contributed by atoms with van der Waals surface area (Å²) >= 11 is 0. The number of fused-ring (bicyclic) bond motifs is 9. The summed E-state index contributed by atoms with van der Waals surface area (Å²) in [4.78, 5) is 30.6. The zero-order chi connectivity index (χ0) is 36.5. The number of hydrogen-bond donors (Lipinski definition) is 0. The molecule has 0 N–H and O–H groups in total. The molecule has 0 aliphatic carbocycles. The van der Waals surface area contributed by atoms with Crippen LogP contribution in [0.5, 0.6) is 0 Å². The second kappa shape index (κ2) is 12.2. The Hall–Kier alpha value is -7.64. The minimum absolute atomic E-state index is 0.0838. The number of nitrogens with zero attached hydrogens (tertiary/aromatic N) is 6. The van der Waals surface area contributed by atoms with Crippen LogP contribution < -0.4 is 5.56 Å². The van der Waals surface area contributed by atoms with Crippen molar-refractivity contribution in [3.8, 4) is 40.1 Å². The Morgan fingerprint density at radius 2 is 0.800 bits per heavy atom. The van der Waals surface area contributed by atoms with Crippen LogP contribution in [0.3, 0.4) is 0 Å². The zero-order valence-corrected chi connectivity index (χ0v) is 29.4. The molecule has 0 radical (unpaired) electrons. The van der Waals surface area contributed by atoms with Crippen LogP contribution in [0.25, 0.3) is 94.6 Å². The Balaban J connectivity index is 1.37. The first-order valence-electron chi connectivity index (χ1n) is 18.3. The van der Waals surface area contributed by atoms with E-state index >= 15 is 4.79 Å². The van der Waals surface area contributed by atoms with Crippen molar-refractivity contribution in [3.63, 3.8) is 0 Å². The molecule has 0 atom stereocenters. The Bertz CT molecular complexity index is 3260. The summed E-state index contributed by atoms with van der Waals surface area (Å²) in [6.07, 6.45) is 0. The van der Waals surface area contributed by atoms with Crippen molar-refractivity contribution < 1.29 is 0 Å². The van der Waals surface area contributed by atoms with Gasteiger partial charge in [-0.3, -0.25) is 13.9 Å². The van der Waals surface area contributed by atoms with Gasteiger partial charge in [-0.2, -0.15) is 9.97 Å². The molecule has 7 aromatic carbocycles. The fourth-order valence-electron chi connectivity index (χ4n) is 8.15. The van der Waals surface area contributed by atoms with E-state index in [-0.39, 0.29) is 5.56 Å². The average Bonchev–Trinajstić information content (AvgIpc) is 3.79. The van der Waals surface area contributed by atoms with Crippen molar-refractivity contribution >= 4 is 54.5 Å². The molecule has 0 spiro atoms. The Kier molecular flexibility index (Phi) is 6.87. The monoisotopic (exact) mass is 706 g/mol. The highest BCUT2D eigenvalue weighted by Crippen LogP contribution is 2.42. The minimum atomic E-state index is -0.0838. The molecule has 0 saturated heterocycles. The fourth-order valence-corrected chi connectivity index (χ4v) is 8.15. The van der Waals surface area contributed by atoms with Crippen molar-refractivity contribution in [2.24, 2.45) is 0 Å². The van der Waals surface area contributed by atoms with Crippen LogP contribution in [0.4, 0.5) is 0 Å². The van der Waals surface area contributed by atoms with Gasteiger partial charge in [0, 0.05) is 44.0 Å². The summed E-state index contributed by atoms with van der Waals surface area (Å²) < 4.78 is 6.26. The van der Waals surface area contributed by atoms with Crippen molar-refractivity contribution in [2.75, 3.05) is 0 Å². The van der Waals surface area contributed by atoms with E-state index in [1.54, 1.807) is 0 Å². The third-order valence-electron chi connectivity index (χ3n) is 10.5. The molecule has 11 aromatic rings. The Labute approximate surface area is 314 Å². The normalized spacial score (nSPS) is 11.7. The first-order valence-corrected chi connectivity index (χ1v) is 18.3. The van der Waals surface area contributed by atoms with Gasteiger partial charge in [-0.15, -0.1) is 0 Å². The van der Waals surface area contributed by atoms with Crippen LogP contribution >= 0.6 is 0 Å². The van der Waals surface area contributed by atoms with E-state index in [4.69, 9.17) is 15.0 Å². The SMILES string of the molecule is O=c1c2c3ccc4c5ccccc5n(-c5nc(-c6ccccc6)nc(-c6ccccc6)n5)c4c3n(-c3ccccc3)c2c2ccccc2n1-c1ccccc1. The number of para-hydroxylation sites is 4. The van der Waals surface area contributed by atoms with Crippen LogP contribution in [0.1, 0.15) is 0 Å². The van der Waals surface area contributed by atoms with E-state index in [2.05, 4.69) is 57.7 Å². The molecule has 0 bridgehead atoms. The lowest BCUT2D eigenvalue weighted by atomic mass is 10.1. The van der Waals surface area contributed by atoms with Gasteiger partial charge >= 0.3 is 0 Å². The van der Waals surface area contributed by atoms with Gasteiger partial charge < -0.3 is 4.57 Å². The summed E-state index contributed by atoms with van der Waals surface area (Å²) in [5.74, 6) is 1.63. The van der Waals surface area contributed by atoms with Crippen molar-refractivity contribution in [2.45, 2.75) is 0 Å². The smallest absolute Gasteiger partial charge is 0.265 e. The second-order valence-electron chi connectivity index (χ2n) is 13.6. The van der Waals surface area contributed by atoms with Gasteiger partial charge in [-0.05, 0) is 36.4 Å². The molecule has 7 heteroatoms. The van der Waals surface area contributed by atoms with Crippen LogP contribution in [-0.4, -0.2) is 28.7 Å². The summed E-state index contributed by atoms with van der Waals surface area (Å²) in [6, 6.07) is 61.1. The van der Waals surface area contributed by atoms with Gasteiger partial charge in [0.05, 0.1) is 33.0 Å². The quantitative estimate of drug-likeness (QED) is 0.179. The number of hydrogen-bond acceptors (Lipinski definition) is 4. The van der Waals surface area contributed by atoms with Gasteiger partial charge in [0.2, 0.25) is 5.95 Å². The lowest BCUT2D eigenvalue weighted by Gasteiger charge is -2.15. The number of pyridine rings is 1. The molecule has 4 aromatic heterocycles. The van der Waals surface area contributed by atoms with Crippen LogP contribution in [-0.2, 0) is 0 Å². The molecule has 0 unspecified atom stereocenters. The van der Waals surface area contributed by atoms with Gasteiger partial charge in [-0.25, -0.2) is 4.98 Å². The Morgan fingerprint density at radius 1 is 0.345 bits per heavy atom. The summed E-state index contributed by atoms with van der Waals surface area (Å²) in [6.45, 7) is 0. The van der Waals surface area contributed by atoms with Crippen LogP contribution in [0.2, 0.25) is 0 Å². The molecule has 4 heterocycles. The van der Waals surface area contributed by atoms with Crippen molar-refractivity contribution in [1.82, 2.24) is 28.7 Å². The van der Waals surface area contributed by atoms with Crippen molar-refractivity contribution in [3.05, 3.63) is 192 Å². The first-order chi connectivity index (χ1) is 27.2. The molecule has 0 aliphatic heterocycles. The maximum absolute atomic E-state index is 15.2. The van der Waals surface area contributed by atoms with E-state index < -0.39 is 0 Å². The second-order valence-corrected chi connectivity index (χ2v) is 13.6. The lowest BCUT2D eigenvalue weighted by molar-refractivity contribution is 0.953. The third-order valence-corrected chi connectivity index (χ3v) is 10.5. The summed E-state index contributed by atoms with van der Waals surface area (Å²) in [5, 5.41) is 4.54. The highest BCUT2D eigenvalue weighted by atomic mass is 16.1. The molecule has 0 aliphatic rings. The average molecular weight is 707 g/mol. The first kappa shape index (κ1) is 30.9. The number of benzene rings is 7. The van der Waals surface area contributed by atoms with E-state index in [9.17, 15) is 0 Å². The molecule has 7 nitrogen and oxygen atoms in total. The van der Waals surface area contributed by atoms with E-state index in [0.717, 1.165) is 71.6 Å². The number of aromatic nitrogens is 6. The molecule has 258 valence electrons. The third kappa shape index (κ3) is 4.70. The van der Waals surface area contributed by atoms with E-state index in [1.807, 2.05) is 138 Å². The summed E-state index contributed by atoms with van der Waals surface area (Å²) in [7, 11) is 0. The maximum Gasteiger partial charge on any atom is 0.265 e. The molecule has 0 fully saturated rings. The lowest BCUT2D eigenvalue weighted by Crippen LogP contribution is -2.19. The largest absolute Gasteiger partial charge is 0.306 e. The van der Waals surface area contributed by atoms with Gasteiger partial charge in [-0.1, -0.05) is 146 Å². The molecule has 55 heavy (non-hydrogen) atoms. The van der Waals surface area contributed by atoms with Gasteiger partial charge in [0.1, 0.15) is 0 Å². The molecule has 11 rings (SSSR count). The molecule has 0 amide bonds. The molecular formula is C48H30N6O. The van der Waals surface area contributed by atoms with Gasteiger partial charge in [0.15, 0.2) is 11.6 Å². The highest BCUT2D eigenvalue weighted by Gasteiger charge is 2.26. The molecule has 0 saturated carbocycles.